The molecule has 0 aliphatic rings. The van der Waals surface area contributed by atoms with E-state index in [4.69, 9.17) is 0 Å². The average Bonchev–Trinajstić information content (AvgIpc) is 3.06. The molecule has 26 heavy (non-hydrogen) atoms. The third kappa shape index (κ3) is 2.23. The number of H-pyrrole nitrogens is 1. The maximum Gasteiger partial charge on any atom is 0.160 e. The van der Waals surface area contributed by atoms with Crippen molar-refractivity contribution in [2.45, 2.75) is 4.90 Å². The first-order chi connectivity index (χ1) is 12.7. The SMILES string of the molecule is C[S+]([O-])c1ccccc1-c1cc2[nH]c3cccnc3c2c2ccccc12. The lowest BCUT2D eigenvalue weighted by molar-refractivity contribution is 0.601. The molecule has 2 aromatic heterocycles. The third-order valence-corrected chi connectivity index (χ3v) is 5.82. The lowest BCUT2D eigenvalue weighted by Gasteiger charge is -2.13. The molecular weight excluding hydrogens is 340 g/mol. The Morgan fingerprint density at radius 3 is 2.46 bits per heavy atom. The quantitative estimate of drug-likeness (QED) is 0.438. The van der Waals surface area contributed by atoms with Crippen LogP contribution in [0.4, 0.5) is 0 Å². The van der Waals surface area contributed by atoms with Gasteiger partial charge in [-0.05, 0) is 57.8 Å². The highest BCUT2D eigenvalue weighted by molar-refractivity contribution is 7.90. The van der Waals surface area contributed by atoms with Crippen LogP contribution in [0.1, 0.15) is 0 Å². The number of pyridine rings is 1. The number of nitrogens with one attached hydrogen (secondary N) is 1. The van der Waals surface area contributed by atoms with Crippen LogP contribution in [0, 0.1) is 0 Å². The number of aromatic nitrogens is 2. The number of benzene rings is 3. The molecule has 3 aromatic carbocycles. The number of rotatable bonds is 2. The van der Waals surface area contributed by atoms with Crippen LogP contribution in [-0.4, -0.2) is 20.8 Å². The summed E-state index contributed by atoms with van der Waals surface area (Å²) in [6.45, 7) is 0. The van der Waals surface area contributed by atoms with Gasteiger partial charge in [-0.1, -0.05) is 36.4 Å². The molecule has 0 saturated carbocycles. The van der Waals surface area contributed by atoms with Crippen LogP contribution in [0.3, 0.4) is 0 Å². The van der Waals surface area contributed by atoms with E-state index in [0.29, 0.717) is 0 Å². The second kappa shape index (κ2) is 5.87. The molecule has 1 unspecified atom stereocenters. The largest absolute Gasteiger partial charge is 0.612 e. The summed E-state index contributed by atoms with van der Waals surface area (Å²) in [6, 6.07) is 22.4. The van der Waals surface area contributed by atoms with Crippen molar-refractivity contribution in [3.8, 4) is 11.1 Å². The summed E-state index contributed by atoms with van der Waals surface area (Å²) in [4.78, 5) is 8.93. The highest BCUT2D eigenvalue weighted by atomic mass is 32.2. The van der Waals surface area contributed by atoms with E-state index >= 15 is 0 Å². The van der Waals surface area contributed by atoms with Crippen molar-refractivity contribution in [2.75, 3.05) is 6.26 Å². The smallest absolute Gasteiger partial charge is 0.160 e. The molecule has 0 fully saturated rings. The zero-order valence-corrected chi connectivity index (χ0v) is 15.0. The van der Waals surface area contributed by atoms with E-state index in [1.54, 1.807) is 6.26 Å². The van der Waals surface area contributed by atoms with E-state index in [1.807, 2.05) is 48.7 Å². The first kappa shape index (κ1) is 15.4. The van der Waals surface area contributed by atoms with Crippen LogP contribution in [0.25, 0.3) is 43.8 Å². The zero-order valence-electron chi connectivity index (χ0n) is 14.2. The molecule has 0 spiro atoms. The normalized spacial score (nSPS) is 12.8. The van der Waals surface area contributed by atoms with Gasteiger partial charge in [-0.25, -0.2) is 0 Å². The number of hydrogen-bond acceptors (Lipinski definition) is 2. The lowest BCUT2D eigenvalue weighted by Crippen LogP contribution is -2.00. The van der Waals surface area contributed by atoms with Crippen molar-refractivity contribution < 1.29 is 4.55 Å². The van der Waals surface area contributed by atoms with Crippen LogP contribution in [0.15, 0.2) is 77.8 Å². The third-order valence-electron chi connectivity index (χ3n) is 4.85. The molecule has 126 valence electrons. The first-order valence-corrected chi connectivity index (χ1v) is 10.0. The summed E-state index contributed by atoms with van der Waals surface area (Å²) < 4.78 is 12.3. The Bertz CT molecular complexity index is 1270. The van der Waals surface area contributed by atoms with Crippen LogP contribution in [0.5, 0.6) is 0 Å². The predicted molar refractivity (Wildman–Crippen MR) is 109 cm³/mol. The lowest BCUT2D eigenvalue weighted by atomic mass is 9.95. The summed E-state index contributed by atoms with van der Waals surface area (Å²) in [7, 11) is 0. The van der Waals surface area contributed by atoms with Gasteiger partial charge in [0.25, 0.3) is 0 Å². The summed E-state index contributed by atoms with van der Waals surface area (Å²) in [6.07, 6.45) is 3.56. The molecule has 0 amide bonds. The monoisotopic (exact) mass is 356 g/mol. The molecular formula is C22H16N2OS. The van der Waals surface area contributed by atoms with Gasteiger partial charge in [0.1, 0.15) is 6.26 Å². The minimum atomic E-state index is -1.05. The Balaban J connectivity index is 1.97. The molecule has 0 saturated heterocycles. The number of nitrogens with zero attached hydrogens (tertiary/aromatic N) is 1. The minimum Gasteiger partial charge on any atom is -0.612 e. The molecule has 2 heterocycles. The van der Waals surface area contributed by atoms with Gasteiger partial charge in [0.05, 0.1) is 11.0 Å². The second-order valence-electron chi connectivity index (χ2n) is 6.37. The van der Waals surface area contributed by atoms with Gasteiger partial charge < -0.3 is 9.54 Å². The maximum absolute atomic E-state index is 12.3. The van der Waals surface area contributed by atoms with Crippen molar-refractivity contribution in [3.05, 3.63) is 72.9 Å². The second-order valence-corrected chi connectivity index (χ2v) is 7.72. The van der Waals surface area contributed by atoms with E-state index < -0.39 is 11.2 Å². The van der Waals surface area contributed by atoms with Gasteiger partial charge in [-0.3, -0.25) is 4.98 Å². The number of hydrogen-bond donors (Lipinski definition) is 1. The van der Waals surface area contributed by atoms with E-state index in [-0.39, 0.29) is 0 Å². The summed E-state index contributed by atoms with van der Waals surface area (Å²) >= 11 is -1.05. The van der Waals surface area contributed by atoms with Crippen molar-refractivity contribution in [2.24, 2.45) is 0 Å². The van der Waals surface area contributed by atoms with E-state index in [9.17, 15) is 4.55 Å². The van der Waals surface area contributed by atoms with Crippen molar-refractivity contribution >= 4 is 43.9 Å². The van der Waals surface area contributed by atoms with Gasteiger partial charge >= 0.3 is 0 Å². The summed E-state index contributed by atoms with van der Waals surface area (Å²) in [5.74, 6) is 0. The average molecular weight is 356 g/mol. The fourth-order valence-electron chi connectivity index (χ4n) is 3.74. The van der Waals surface area contributed by atoms with Gasteiger partial charge in [0.2, 0.25) is 0 Å². The van der Waals surface area contributed by atoms with Crippen LogP contribution >= 0.6 is 0 Å². The van der Waals surface area contributed by atoms with Crippen molar-refractivity contribution in [1.82, 2.24) is 9.97 Å². The van der Waals surface area contributed by atoms with Gasteiger partial charge in [-0.2, -0.15) is 0 Å². The van der Waals surface area contributed by atoms with Crippen LogP contribution in [-0.2, 0) is 11.2 Å². The molecule has 0 aliphatic carbocycles. The molecule has 1 atom stereocenters. The van der Waals surface area contributed by atoms with Crippen molar-refractivity contribution in [1.29, 1.82) is 0 Å². The van der Waals surface area contributed by atoms with Gasteiger partial charge in [0.15, 0.2) is 4.90 Å². The number of fused-ring (bicyclic) bond motifs is 5. The molecule has 0 aliphatic heterocycles. The fourth-order valence-corrected chi connectivity index (χ4v) is 4.50. The first-order valence-electron chi connectivity index (χ1n) is 8.45. The Morgan fingerprint density at radius 2 is 1.62 bits per heavy atom. The summed E-state index contributed by atoms with van der Waals surface area (Å²) in [5.41, 5.74) is 5.15. The molecule has 3 nitrogen and oxygen atoms in total. The van der Waals surface area contributed by atoms with Gasteiger partial charge in [-0.15, -0.1) is 0 Å². The van der Waals surface area contributed by atoms with E-state index in [2.05, 4.69) is 34.2 Å². The Hall–Kier alpha value is -2.82. The van der Waals surface area contributed by atoms with Crippen molar-refractivity contribution in [3.63, 3.8) is 0 Å². The topological polar surface area (TPSA) is 51.7 Å². The highest BCUT2D eigenvalue weighted by Crippen LogP contribution is 2.39. The highest BCUT2D eigenvalue weighted by Gasteiger charge is 2.18. The van der Waals surface area contributed by atoms with E-state index in [0.717, 1.165) is 48.7 Å². The van der Waals surface area contributed by atoms with Crippen LogP contribution < -0.4 is 0 Å². The number of aromatic amines is 1. The Labute approximate surface area is 153 Å². The molecule has 1 N–H and O–H groups in total. The Morgan fingerprint density at radius 1 is 0.846 bits per heavy atom. The molecule has 0 radical (unpaired) electrons. The fraction of sp³-hybridized carbons (Fsp3) is 0.0455. The Kier molecular flexibility index (Phi) is 3.48. The molecule has 0 bridgehead atoms. The maximum atomic E-state index is 12.3. The standard InChI is InChI=1S/C22H16N2OS/c1-26(25)20-11-5-4-8-15(20)17-13-19-21(16-9-3-2-7-14(16)17)22-18(24-19)10-6-12-23-22/h2-13,24H,1H3. The minimum absolute atomic E-state index is 0.853. The summed E-state index contributed by atoms with van der Waals surface area (Å²) in [5, 5.41) is 3.43. The molecule has 4 heteroatoms. The van der Waals surface area contributed by atoms with Gasteiger partial charge in [0, 0.05) is 22.7 Å². The van der Waals surface area contributed by atoms with E-state index in [1.165, 1.54) is 0 Å². The molecule has 5 aromatic rings. The zero-order chi connectivity index (χ0) is 17.7. The van der Waals surface area contributed by atoms with Crippen LogP contribution in [0.2, 0.25) is 0 Å². The molecule has 5 rings (SSSR count). The predicted octanol–water partition coefficient (Wildman–Crippen LogP) is 5.27.